The normalized spacial score (nSPS) is 17.0. The highest BCUT2D eigenvalue weighted by Crippen LogP contribution is 2.18. The lowest BCUT2D eigenvalue weighted by molar-refractivity contribution is -0.123. The molecular weight excluding hydrogens is 302 g/mol. The molecule has 1 atom stereocenters. The fourth-order valence-electron chi connectivity index (χ4n) is 2.78. The van der Waals surface area contributed by atoms with E-state index in [0.717, 1.165) is 29.3 Å². The summed E-state index contributed by atoms with van der Waals surface area (Å²) in [5.74, 6) is -0.0767. The number of carbonyl (C=O) groups excluding carboxylic acids is 1. The van der Waals surface area contributed by atoms with Crippen molar-refractivity contribution in [3.05, 3.63) is 36.0 Å². The monoisotopic (exact) mass is 323 g/mol. The van der Waals surface area contributed by atoms with Crippen LogP contribution in [0.15, 0.2) is 30.5 Å². The van der Waals surface area contributed by atoms with Crippen LogP contribution in [0.4, 0.5) is 0 Å². The Morgan fingerprint density at radius 1 is 1.36 bits per heavy atom. The van der Waals surface area contributed by atoms with E-state index in [1.54, 1.807) is 0 Å². The van der Waals surface area contributed by atoms with Crippen LogP contribution in [0.3, 0.4) is 0 Å². The molecule has 2 aromatic rings. The molecule has 4 N–H and O–H groups in total. The van der Waals surface area contributed by atoms with Gasteiger partial charge in [0.05, 0.1) is 6.04 Å². The number of halogens is 1. The van der Waals surface area contributed by atoms with Crippen LogP contribution in [-0.2, 0) is 16.0 Å². The molecule has 0 bridgehead atoms. The number of benzene rings is 1. The minimum absolute atomic E-state index is 0. The average molecular weight is 324 g/mol. The molecule has 1 aliphatic rings. The van der Waals surface area contributed by atoms with Crippen LogP contribution in [0.5, 0.6) is 0 Å². The SMILES string of the molecule is Cl.N[C@@H](Cc1c[nH]c2ccccc12)C(=O)NC1CCOCC1. The molecule has 6 heteroatoms. The van der Waals surface area contributed by atoms with Gasteiger partial charge in [-0.05, 0) is 30.9 Å². The molecule has 2 heterocycles. The number of carbonyl (C=O) groups is 1. The molecule has 0 unspecified atom stereocenters. The lowest BCUT2D eigenvalue weighted by Crippen LogP contribution is -2.48. The zero-order valence-electron chi connectivity index (χ0n) is 12.4. The Bertz CT molecular complexity index is 623. The van der Waals surface area contributed by atoms with Crippen molar-refractivity contribution < 1.29 is 9.53 Å². The summed E-state index contributed by atoms with van der Waals surface area (Å²) >= 11 is 0. The second-order valence-electron chi connectivity index (χ2n) is 5.57. The molecular formula is C16H22ClN3O2. The molecule has 22 heavy (non-hydrogen) atoms. The van der Waals surface area contributed by atoms with Crippen LogP contribution >= 0.6 is 12.4 Å². The van der Waals surface area contributed by atoms with Crippen LogP contribution in [0.25, 0.3) is 10.9 Å². The molecule has 120 valence electrons. The lowest BCUT2D eigenvalue weighted by atomic mass is 10.0. The molecule has 0 radical (unpaired) electrons. The lowest BCUT2D eigenvalue weighted by Gasteiger charge is -2.24. The van der Waals surface area contributed by atoms with E-state index < -0.39 is 6.04 Å². The van der Waals surface area contributed by atoms with Crippen molar-refractivity contribution in [2.24, 2.45) is 5.73 Å². The first-order valence-corrected chi connectivity index (χ1v) is 7.43. The van der Waals surface area contributed by atoms with Gasteiger partial charge in [0.1, 0.15) is 0 Å². The average Bonchev–Trinajstić information content (AvgIpc) is 2.91. The smallest absolute Gasteiger partial charge is 0.237 e. The van der Waals surface area contributed by atoms with E-state index in [-0.39, 0.29) is 24.4 Å². The standard InChI is InChI=1S/C16H21N3O2.ClH/c17-14(16(20)19-12-5-7-21-8-6-12)9-11-10-18-15-4-2-1-3-13(11)15;/h1-4,10,12,14,18H,5-9,17H2,(H,19,20);1H/t14-;/m0./s1. The van der Waals surface area contributed by atoms with Crippen molar-refractivity contribution in [3.8, 4) is 0 Å². The number of hydrogen-bond acceptors (Lipinski definition) is 3. The quantitative estimate of drug-likeness (QED) is 0.802. The number of aromatic nitrogens is 1. The second-order valence-corrected chi connectivity index (χ2v) is 5.57. The molecule has 1 aromatic carbocycles. The fraction of sp³-hybridized carbons (Fsp3) is 0.438. The summed E-state index contributed by atoms with van der Waals surface area (Å²) in [6, 6.07) is 7.72. The highest BCUT2D eigenvalue weighted by molar-refractivity contribution is 5.86. The number of ether oxygens (including phenoxy) is 1. The summed E-state index contributed by atoms with van der Waals surface area (Å²) in [5, 5.41) is 4.16. The van der Waals surface area contributed by atoms with Gasteiger partial charge < -0.3 is 20.8 Å². The minimum Gasteiger partial charge on any atom is -0.381 e. The molecule has 0 saturated carbocycles. The van der Waals surface area contributed by atoms with E-state index >= 15 is 0 Å². The Kier molecular flexibility index (Phi) is 5.83. The first-order valence-electron chi connectivity index (χ1n) is 7.43. The van der Waals surface area contributed by atoms with E-state index in [2.05, 4.69) is 10.3 Å². The third-order valence-corrected chi connectivity index (χ3v) is 4.02. The van der Waals surface area contributed by atoms with E-state index in [1.807, 2.05) is 30.5 Å². The van der Waals surface area contributed by atoms with Crippen molar-refractivity contribution in [1.82, 2.24) is 10.3 Å². The Morgan fingerprint density at radius 3 is 2.86 bits per heavy atom. The number of H-pyrrole nitrogens is 1. The molecule has 5 nitrogen and oxygen atoms in total. The number of hydrogen-bond donors (Lipinski definition) is 3. The summed E-state index contributed by atoms with van der Waals surface area (Å²) in [5.41, 5.74) is 8.22. The van der Waals surface area contributed by atoms with Gasteiger partial charge in [-0.1, -0.05) is 18.2 Å². The Balaban J connectivity index is 0.00000176. The maximum atomic E-state index is 12.2. The van der Waals surface area contributed by atoms with Crippen molar-refractivity contribution >= 4 is 29.2 Å². The maximum Gasteiger partial charge on any atom is 0.237 e. The molecule has 1 fully saturated rings. The van der Waals surface area contributed by atoms with Crippen LogP contribution in [-0.4, -0.2) is 36.2 Å². The molecule has 0 aliphatic carbocycles. The highest BCUT2D eigenvalue weighted by atomic mass is 35.5. The fourth-order valence-corrected chi connectivity index (χ4v) is 2.78. The second kappa shape index (κ2) is 7.63. The van der Waals surface area contributed by atoms with Crippen molar-refractivity contribution in [2.75, 3.05) is 13.2 Å². The largest absolute Gasteiger partial charge is 0.381 e. The Hall–Kier alpha value is -1.56. The summed E-state index contributed by atoms with van der Waals surface area (Å²) in [4.78, 5) is 15.4. The highest BCUT2D eigenvalue weighted by Gasteiger charge is 2.21. The van der Waals surface area contributed by atoms with Gasteiger partial charge in [-0.25, -0.2) is 0 Å². The topological polar surface area (TPSA) is 80.1 Å². The zero-order valence-corrected chi connectivity index (χ0v) is 13.2. The van der Waals surface area contributed by atoms with Gasteiger partial charge in [0.15, 0.2) is 0 Å². The summed E-state index contributed by atoms with van der Waals surface area (Å²) < 4.78 is 5.29. The molecule has 1 amide bonds. The summed E-state index contributed by atoms with van der Waals surface area (Å²) in [6.07, 6.45) is 4.21. The molecule has 1 saturated heterocycles. The van der Waals surface area contributed by atoms with Crippen LogP contribution in [0, 0.1) is 0 Å². The zero-order chi connectivity index (χ0) is 14.7. The van der Waals surface area contributed by atoms with Crippen molar-refractivity contribution in [1.29, 1.82) is 0 Å². The molecule has 1 aliphatic heterocycles. The summed E-state index contributed by atoms with van der Waals surface area (Å²) in [7, 11) is 0. The van der Waals surface area contributed by atoms with Gasteiger partial charge in [0.2, 0.25) is 5.91 Å². The third-order valence-electron chi connectivity index (χ3n) is 4.02. The van der Waals surface area contributed by atoms with Gasteiger partial charge in [0.25, 0.3) is 0 Å². The number of para-hydroxylation sites is 1. The van der Waals surface area contributed by atoms with Crippen LogP contribution in [0.1, 0.15) is 18.4 Å². The van der Waals surface area contributed by atoms with Gasteiger partial charge in [0, 0.05) is 36.4 Å². The van der Waals surface area contributed by atoms with E-state index in [9.17, 15) is 4.79 Å². The Labute approximate surface area is 136 Å². The number of nitrogens with two attached hydrogens (primary N) is 1. The predicted octanol–water partition coefficient (Wildman–Crippen LogP) is 1.75. The van der Waals surface area contributed by atoms with E-state index in [0.29, 0.717) is 19.6 Å². The number of amides is 1. The van der Waals surface area contributed by atoms with E-state index in [4.69, 9.17) is 10.5 Å². The number of aromatic amines is 1. The van der Waals surface area contributed by atoms with Crippen LogP contribution < -0.4 is 11.1 Å². The minimum atomic E-state index is -0.521. The number of nitrogens with one attached hydrogen (secondary N) is 2. The Morgan fingerprint density at radius 2 is 2.09 bits per heavy atom. The van der Waals surface area contributed by atoms with Crippen molar-refractivity contribution in [2.45, 2.75) is 31.3 Å². The predicted molar refractivity (Wildman–Crippen MR) is 89.2 cm³/mol. The van der Waals surface area contributed by atoms with Gasteiger partial charge >= 0.3 is 0 Å². The molecule has 0 spiro atoms. The molecule has 3 rings (SSSR count). The van der Waals surface area contributed by atoms with Gasteiger partial charge in [-0.2, -0.15) is 0 Å². The summed E-state index contributed by atoms with van der Waals surface area (Å²) in [6.45, 7) is 1.42. The number of fused-ring (bicyclic) bond motifs is 1. The number of rotatable bonds is 4. The van der Waals surface area contributed by atoms with E-state index in [1.165, 1.54) is 0 Å². The van der Waals surface area contributed by atoms with Gasteiger partial charge in [-0.3, -0.25) is 4.79 Å². The molecule has 1 aromatic heterocycles. The maximum absolute atomic E-state index is 12.2. The first-order chi connectivity index (χ1) is 10.2. The van der Waals surface area contributed by atoms with Gasteiger partial charge in [-0.15, -0.1) is 12.4 Å². The third kappa shape index (κ3) is 3.80. The first kappa shape index (κ1) is 16.8. The van der Waals surface area contributed by atoms with Crippen LogP contribution in [0.2, 0.25) is 0 Å². The van der Waals surface area contributed by atoms with Crippen molar-refractivity contribution in [3.63, 3.8) is 0 Å².